The fourth-order valence-electron chi connectivity index (χ4n) is 8.26. The van der Waals surface area contributed by atoms with Gasteiger partial charge in [0, 0.05) is 36.5 Å². The van der Waals surface area contributed by atoms with Crippen LogP contribution in [0, 0.1) is 17.5 Å². The van der Waals surface area contributed by atoms with Crippen LogP contribution in [-0.2, 0) is 14.2 Å². The summed E-state index contributed by atoms with van der Waals surface area (Å²) >= 11 is 0. The van der Waals surface area contributed by atoms with Gasteiger partial charge < -0.3 is 24.8 Å². The number of aromatic nitrogens is 2. The third kappa shape index (κ3) is 7.88. The quantitative estimate of drug-likeness (QED) is 0.101. The Morgan fingerprint density at radius 1 is 0.607 bits per heavy atom. The number of ether oxygens (including phenoxy) is 3. The fraction of sp³-hybridized carbons (Fsp3) is 0.167. The summed E-state index contributed by atoms with van der Waals surface area (Å²) in [5, 5.41) is 15.1. The minimum absolute atomic E-state index is 0.191. The Labute approximate surface area is 348 Å². The molecule has 0 bridgehead atoms. The summed E-state index contributed by atoms with van der Waals surface area (Å²) in [7, 11) is 4.39. The first kappa shape index (κ1) is 40.7. The van der Waals surface area contributed by atoms with Gasteiger partial charge in [0.25, 0.3) is 5.56 Å². The molecule has 3 heterocycles. The van der Waals surface area contributed by atoms with Gasteiger partial charge in [0.1, 0.15) is 17.5 Å². The fourth-order valence-corrected chi connectivity index (χ4v) is 8.26. The molecule has 2 aliphatic rings. The van der Waals surface area contributed by atoms with E-state index in [9.17, 15) is 27.6 Å². The number of nitrogens with zero attached hydrogens (tertiary/aromatic N) is 1. The molecule has 6 aromatic carbocycles. The predicted octanol–water partition coefficient (Wildman–Crippen LogP) is 9.54. The number of fused-ring (bicyclic) bond motifs is 1. The van der Waals surface area contributed by atoms with Crippen LogP contribution in [0.3, 0.4) is 0 Å². The van der Waals surface area contributed by atoms with Crippen molar-refractivity contribution in [2.75, 3.05) is 32.0 Å². The number of rotatable bonds is 8. The van der Waals surface area contributed by atoms with Gasteiger partial charge in [-0.2, -0.15) is 5.10 Å². The van der Waals surface area contributed by atoms with E-state index in [0.717, 1.165) is 33.3 Å². The number of hydrogen-bond donors (Lipinski definition) is 3. The molecule has 4 unspecified atom stereocenters. The van der Waals surface area contributed by atoms with Crippen LogP contribution in [-0.4, -0.2) is 43.3 Å². The van der Waals surface area contributed by atoms with Crippen molar-refractivity contribution in [3.05, 3.63) is 206 Å². The average molecular weight is 825 g/mol. The van der Waals surface area contributed by atoms with Gasteiger partial charge in [-0.15, -0.1) is 0 Å². The Morgan fingerprint density at radius 3 is 1.67 bits per heavy atom. The van der Waals surface area contributed by atoms with Gasteiger partial charge in [-0.25, -0.2) is 23.1 Å². The van der Waals surface area contributed by atoms with E-state index in [-0.39, 0.29) is 46.1 Å². The van der Waals surface area contributed by atoms with Crippen molar-refractivity contribution in [3.63, 3.8) is 0 Å². The first-order valence-electron chi connectivity index (χ1n) is 19.3. The largest absolute Gasteiger partial charge is 0.465 e. The first-order chi connectivity index (χ1) is 29.6. The highest BCUT2D eigenvalue weighted by atomic mass is 19.1. The van der Waals surface area contributed by atoms with Gasteiger partial charge in [-0.1, -0.05) is 72.8 Å². The first-order valence-corrected chi connectivity index (χ1v) is 19.3. The van der Waals surface area contributed by atoms with E-state index in [0.29, 0.717) is 22.3 Å². The third-order valence-electron chi connectivity index (χ3n) is 11.1. The van der Waals surface area contributed by atoms with Gasteiger partial charge in [0.05, 0.1) is 53.2 Å². The van der Waals surface area contributed by atoms with Gasteiger partial charge in [-0.3, -0.25) is 9.59 Å². The number of ketones is 1. The van der Waals surface area contributed by atoms with Crippen LogP contribution in [0.1, 0.15) is 84.4 Å². The number of anilines is 2. The molecule has 9 rings (SSSR count). The summed E-state index contributed by atoms with van der Waals surface area (Å²) in [6.45, 7) is 0. The lowest BCUT2D eigenvalue weighted by Crippen LogP contribution is -2.33. The van der Waals surface area contributed by atoms with Crippen molar-refractivity contribution in [1.82, 2.24) is 10.2 Å². The second-order valence-corrected chi connectivity index (χ2v) is 14.6. The summed E-state index contributed by atoms with van der Waals surface area (Å²) in [6, 6.07) is 35.7. The number of nitrogens with one attached hydrogen (secondary N) is 3. The van der Waals surface area contributed by atoms with E-state index in [4.69, 9.17) is 14.2 Å². The number of H-pyrrole nitrogens is 1. The van der Waals surface area contributed by atoms with Crippen LogP contribution in [0.2, 0.25) is 0 Å². The Balaban J connectivity index is 0.000000170. The molecule has 0 saturated carbocycles. The molecule has 0 aliphatic carbocycles. The molecule has 308 valence electrons. The smallest absolute Gasteiger partial charge is 0.338 e. The summed E-state index contributed by atoms with van der Waals surface area (Å²) < 4.78 is 56.1. The molecule has 0 spiro atoms. The minimum Gasteiger partial charge on any atom is -0.465 e. The van der Waals surface area contributed by atoms with E-state index < -0.39 is 30.0 Å². The zero-order chi connectivity index (χ0) is 42.8. The van der Waals surface area contributed by atoms with Gasteiger partial charge in [0.15, 0.2) is 12.1 Å². The summed E-state index contributed by atoms with van der Waals surface area (Å²) in [5.74, 6) is -2.84. The number of carbonyl (C=O) groups excluding carboxylic acids is 2. The molecule has 1 aromatic heterocycles. The summed E-state index contributed by atoms with van der Waals surface area (Å²) in [6.07, 6.45) is -0.503. The minimum atomic E-state index is -0.685. The van der Waals surface area contributed by atoms with Crippen LogP contribution in [0.5, 0.6) is 0 Å². The Bertz CT molecular complexity index is 2780. The molecule has 7 aromatic rings. The topological polar surface area (TPSA) is 132 Å². The van der Waals surface area contributed by atoms with Gasteiger partial charge >= 0.3 is 5.97 Å². The lowest BCUT2D eigenvalue weighted by atomic mass is 9.77. The van der Waals surface area contributed by atoms with E-state index in [2.05, 4.69) is 20.8 Å². The van der Waals surface area contributed by atoms with Crippen molar-refractivity contribution in [2.24, 2.45) is 0 Å². The zero-order valence-corrected chi connectivity index (χ0v) is 33.1. The van der Waals surface area contributed by atoms with Crippen molar-refractivity contribution in [1.29, 1.82) is 0 Å². The Kier molecular flexibility index (Phi) is 11.5. The maximum absolute atomic E-state index is 13.8. The van der Waals surface area contributed by atoms with Crippen LogP contribution >= 0.6 is 0 Å². The third-order valence-corrected chi connectivity index (χ3v) is 11.1. The molecule has 0 fully saturated rings. The van der Waals surface area contributed by atoms with Crippen LogP contribution in [0.25, 0.3) is 10.8 Å². The Morgan fingerprint density at radius 2 is 1.10 bits per heavy atom. The highest BCUT2D eigenvalue weighted by molar-refractivity contribution is 6.14. The molecular weight excluding hydrogens is 786 g/mol. The maximum atomic E-state index is 13.8. The zero-order valence-electron chi connectivity index (χ0n) is 33.1. The van der Waals surface area contributed by atoms with Crippen molar-refractivity contribution >= 4 is 33.9 Å². The SMILES string of the molecule is COC(=O)c1cccc2c1C(=O)C(c1ccc(F)cc1)C(c1ccc(C(OC)OC)cc1)N2.O=c1[nH]nc2c3c(cccc13)NC(c1ccc(F)cc1)C2c1ccc(F)cc1. The summed E-state index contributed by atoms with van der Waals surface area (Å²) in [4.78, 5) is 38.4. The molecule has 10 nitrogen and oxygen atoms in total. The molecular formula is C48H39F3N4O6. The number of esters is 1. The normalized spacial score (nSPS) is 17.7. The van der Waals surface area contributed by atoms with Gasteiger partial charge in [0.2, 0.25) is 0 Å². The molecule has 3 N–H and O–H groups in total. The average Bonchev–Trinajstić information content (AvgIpc) is 3.29. The molecule has 0 amide bonds. The van der Waals surface area contributed by atoms with E-state index >= 15 is 0 Å². The number of halogens is 3. The number of aromatic amines is 1. The van der Waals surface area contributed by atoms with Crippen LogP contribution < -0.4 is 16.2 Å². The molecule has 61 heavy (non-hydrogen) atoms. The molecule has 2 aliphatic heterocycles. The second-order valence-electron chi connectivity index (χ2n) is 14.6. The van der Waals surface area contributed by atoms with Gasteiger partial charge in [-0.05, 0) is 82.9 Å². The monoisotopic (exact) mass is 824 g/mol. The van der Waals surface area contributed by atoms with E-state index in [1.165, 1.54) is 43.5 Å². The number of benzene rings is 6. The number of carbonyl (C=O) groups is 2. The highest BCUT2D eigenvalue weighted by Gasteiger charge is 2.40. The number of hydrogen-bond acceptors (Lipinski definition) is 9. The molecule has 0 radical (unpaired) electrons. The second kappa shape index (κ2) is 17.3. The summed E-state index contributed by atoms with van der Waals surface area (Å²) in [5.41, 5.74) is 6.26. The maximum Gasteiger partial charge on any atom is 0.338 e. The van der Waals surface area contributed by atoms with Crippen molar-refractivity contribution in [3.8, 4) is 0 Å². The molecule has 0 saturated heterocycles. The molecule has 4 atom stereocenters. The van der Waals surface area contributed by atoms with E-state index in [1.807, 2.05) is 36.4 Å². The van der Waals surface area contributed by atoms with Crippen molar-refractivity contribution in [2.45, 2.75) is 30.2 Å². The number of Topliss-reactive ketones (excluding diaryl/α,β-unsaturated/α-hetero) is 1. The Hall–Kier alpha value is -7.09. The molecule has 13 heteroatoms. The lowest BCUT2D eigenvalue weighted by molar-refractivity contribution is -0.106. The number of methoxy groups -OCH3 is 3. The van der Waals surface area contributed by atoms with Crippen molar-refractivity contribution < 1.29 is 37.0 Å². The standard InChI is InChI=1S/C26H24FNO5.C22H15F2N3O/c1-31-25(30)19-5-4-6-20-22(19)24(29)21(15-11-13-18(27)14-12-15)23(28-20)16-7-9-17(10-8-16)26(32-2)33-3;23-14-8-4-12(5-9-14)18-20(13-6-10-15(24)11-7-13)25-17-3-1-2-16-19(17)21(18)26-27-22(16)28/h4-14,21,23,26,28H,1-3H3;1-11,18,20,25H,(H,27,28). The van der Waals surface area contributed by atoms with E-state index in [1.54, 1.807) is 74.9 Å². The van der Waals surface area contributed by atoms with Crippen LogP contribution in [0.4, 0.5) is 24.5 Å². The predicted molar refractivity (Wildman–Crippen MR) is 224 cm³/mol. The van der Waals surface area contributed by atoms with Crippen LogP contribution in [0.15, 0.2) is 138 Å². The lowest BCUT2D eigenvalue weighted by Gasteiger charge is -2.35. The highest BCUT2D eigenvalue weighted by Crippen LogP contribution is 2.47.